The molecule has 32 heavy (non-hydrogen) atoms. The topological polar surface area (TPSA) is 80.3 Å². The molecule has 2 N–H and O–H groups in total. The van der Waals surface area contributed by atoms with E-state index in [2.05, 4.69) is 31.3 Å². The number of halogens is 1. The average Bonchev–Trinajstić information content (AvgIpc) is 3.34. The summed E-state index contributed by atoms with van der Waals surface area (Å²) in [5, 5.41) is 5.97. The Morgan fingerprint density at radius 3 is 2.44 bits per heavy atom. The highest BCUT2D eigenvalue weighted by Gasteiger charge is 2.30. The monoisotopic (exact) mass is 552 g/mol. The molecule has 9 heteroatoms. The molecule has 174 valence electrons. The summed E-state index contributed by atoms with van der Waals surface area (Å²) in [4.78, 5) is 35.6. The number of benzene rings is 1. The molecule has 2 aliphatic heterocycles. The van der Waals surface area contributed by atoms with Crippen molar-refractivity contribution in [3.63, 3.8) is 0 Å². The number of piperazine rings is 1. The smallest absolute Gasteiger partial charge is 0.243 e. The lowest BCUT2D eigenvalue weighted by molar-refractivity contribution is -0.135. The van der Waals surface area contributed by atoms with Crippen molar-refractivity contribution in [3.05, 3.63) is 29.8 Å². The van der Waals surface area contributed by atoms with E-state index in [-0.39, 0.29) is 48.4 Å². The van der Waals surface area contributed by atoms with Crippen molar-refractivity contribution in [2.75, 3.05) is 58.2 Å². The number of likely N-dealkylation sites (tertiary alicyclic amines) is 1. The number of carbonyl (C=O) groups excluding carboxylic acids is 2. The molecule has 0 radical (unpaired) electrons. The van der Waals surface area contributed by atoms with Gasteiger partial charge in [0.1, 0.15) is 0 Å². The highest BCUT2D eigenvalue weighted by molar-refractivity contribution is 14.0. The number of hydrogen-bond donors (Lipinski definition) is 2. The van der Waals surface area contributed by atoms with Crippen LogP contribution < -0.4 is 10.6 Å². The maximum absolute atomic E-state index is 12.7. The number of hydrogen-bond acceptors (Lipinski definition) is 4. The number of amides is 2. The zero-order chi connectivity index (χ0) is 22.2. The van der Waals surface area contributed by atoms with Gasteiger partial charge in [0.15, 0.2) is 5.96 Å². The Kier molecular flexibility index (Phi) is 10.3. The molecule has 8 nitrogen and oxygen atoms in total. The largest absolute Gasteiger partial charge is 0.347 e. The van der Waals surface area contributed by atoms with Gasteiger partial charge in [0.25, 0.3) is 0 Å². The summed E-state index contributed by atoms with van der Waals surface area (Å²) < 4.78 is 0. The third-order valence-electron chi connectivity index (χ3n) is 5.87. The second-order valence-corrected chi connectivity index (χ2v) is 7.91. The molecule has 2 aliphatic rings. The first kappa shape index (κ1) is 25.9. The summed E-state index contributed by atoms with van der Waals surface area (Å²) >= 11 is 0. The Morgan fingerprint density at radius 1 is 1.12 bits per heavy atom. The van der Waals surface area contributed by atoms with Gasteiger partial charge >= 0.3 is 0 Å². The van der Waals surface area contributed by atoms with Crippen LogP contribution >= 0.6 is 24.0 Å². The van der Waals surface area contributed by atoms with Crippen LogP contribution in [0.25, 0.3) is 0 Å². The van der Waals surface area contributed by atoms with Gasteiger partial charge in [0.2, 0.25) is 11.8 Å². The number of rotatable bonds is 5. The fourth-order valence-electron chi connectivity index (χ4n) is 4.06. The quantitative estimate of drug-likeness (QED) is 0.250. The van der Waals surface area contributed by atoms with E-state index in [1.165, 1.54) is 0 Å². The molecule has 1 aromatic carbocycles. The third-order valence-corrected chi connectivity index (χ3v) is 5.87. The SMILES string of the molecule is C#Cc1cccc(NC(=O)CNC(=NC)N2CCN(C(C)C(=O)N3CCCC3)CC2)c1.I. The number of nitrogens with zero attached hydrogens (tertiary/aromatic N) is 4. The second-order valence-electron chi connectivity index (χ2n) is 7.91. The van der Waals surface area contributed by atoms with Crippen LogP contribution in [0.3, 0.4) is 0 Å². The fraction of sp³-hybridized carbons (Fsp3) is 0.522. The summed E-state index contributed by atoms with van der Waals surface area (Å²) in [5.74, 6) is 3.31. The van der Waals surface area contributed by atoms with Crippen molar-refractivity contribution in [2.24, 2.45) is 4.99 Å². The number of guanidine groups is 1. The van der Waals surface area contributed by atoms with Crippen LogP contribution in [0.15, 0.2) is 29.3 Å². The van der Waals surface area contributed by atoms with E-state index in [4.69, 9.17) is 6.42 Å². The van der Waals surface area contributed by atoms with Gasteiger partial charge in [-0.15, -0.1) is 30.4 Å². The molecule has 2 amide bonds. The van der Waals surface area contributed by atoms with Crippen LogP contribution in [0.5, 0.6) is 0 Å². The summed E-state index contributed by atoms with van der Waals surface area (Å²) in [6, 6.07) is 7.09. The Bertz CT molecular complexity index is 854. The van der Waals surface area contributed by atoms with Crippen molar-refractivity contribution in [2.45, 2.75) is 25.8 Å². The number of terminal acetylenes is 1. The molecular formula is C23H33IN6O2. The maximum atomic E-state index is 12.7. The van der Waals surface area contributed by atoms with E-state index < -0.39 is 0 Å². The number of anilines is 1. The van der Waals surface area contributed by atoms with Crippen molar-refractivity contribution < 1.29 is 9.59 Å². The summed E-state index contributed by atoms with van der Waals surface area (Å²) in [5.41, 5.74) is 1.39. The first-order chi connectivity index (χ1) is 15.0. The standard InChI is InChI=1S/C23H32N6O2.HI/c1-4-19-8-7-9-20(16-19)26-21(30)17-25-23(24-3)29-14-12-27(13-15-29)18(2)22(31)28-10-5-6-11-28;/h1,7-9,16,18H,5-6,10-15,17H2,2-3H3,(H,24,25)(H,26,30);1H. The van der Waals surface area contributed by atoms with Crippen LogP contribution in [0.4, 0.5) is 5.69 Å². The summed E-state index contributed by atoms with van der Waals surface area (Å²) in [7, 11) is 1.71. The molecule has 0 aliphatic carbocycles. The highest BCUT2D eigenvalue weighted by atomic mass is 127. The Hall–Kier alpha value is -2.32. The molecule has 0 bridgehead atoms. The number of carbonyl (C=O) groups is 2. The van der Waals surface area contributed by atoms with Crippen molar-refractivity contribution in [3.8, 4) is 12.3 Å². The van der Waals surface area contributed by atoms with Gasteiger partial charge in [-0.05, 0) is 38.0 Å². The summed E-state index contributed by atoms with van der Waals surface area (Å²) in [6.07, 6.45) is 7.62. The zero-order valence-electron chi connectivity index (χ0n) is 18.8. The molecule has 3 rings (SSSR count). The highest BCUT2D eigenvalue weighted by Crippen LogP contribution is 2.14. The number of aliphatic imine (C=N–C) groups is 1. The van der Waals surface area contributed by atoms with Crippen molar-refractivity contribution in [1.29, 1.82) is 0 Å². The zero-order valence-corrected chi connectivity index (χ0v) is 21.2. The van der Waals surface area contributed by atoms with Gasteiger partial charge in [-0.2, -0.15) is 0 Å². The molecule has 0 saturated carbocycles. The predicted molar refractivity (Wildman–Crippen MR) is 138 cm³/mol. The molecule has 0 spiro atoms. The second kappa shape index (κ2) is 12.6. The minimum Gasteiger partial charge on any atom is -0.347 e. The average molecular weight is 552 g/mol. The van der Waals surface area contributed by atoms with E-state index in [1.807, 2.05) is 24.0 Å². The van der Waals surface area contributed by atoms with E-state index in [0.717, 1.165) is 57.7 Å². The van der Waals surface area contributed by atoms with Crippen molar-refractivity contribution in [1.82, 2.24) is 20.0 Å². The minimum absolute atomic E-state index is 0. The molecule has 2 saturated heterocycles. The van der Waals surface area contributed by atoms with Gasteiger partial charge in [0.05, 0.1) is 12.6 Å². The van der Waals surface area contributed by atoms with Gasteiger partial charge in [-0.3, -0.25) is 19.5 Å². The van der Waals surface area contributed by atoms with Gasteiger partial charge in [-0.1, -0.05) is 12.0 Å². The van der Waals surface area contributed by atoms with Gasteiger partial charge in [-0.25, -0.2) is 0 Å². The lowest BCUT2D eigenvalue weighted by Crippen LogP contribution is -2.57. The Labute approximate surface area is 207 Å². The Morgan fingerprint density at radius 2 is 1.81 bits per heavy atom. The molecule has 1 atom stereocenters. The van der Waals surface area contributed by atoms with E-state index in [1.54, 1.807) is 19.2 Å². The van der Waals surface area contributed by atoms with Crippen LogP contribution in [-0.2, 0) is 9.59 Å². The number of nitrogens with one attached hydrogen (secondary N) is 2. The Balaban J connectivity index is 0.00000363. The van der Waals surface area contributed by atoms with Crippen LogP contribution in [0.2, 0.25) is 0 Å². The van der Waals surface area contributed by atoms with Gasteiger partial charge in [0, 0.05) is 57.6 Å². The van der Waals surface area contributed by atoms with Crippen LogP contribution in [0.1, 0.15) is 25.3 Å². The molecule has 1 unspecified atom stereocenters. The molecule has 0 aromatic heterocycles. The maximum Gasteiger partial charge on any atom is 0.243 e. The normalized spacial score (nSPS) is 17.8. The third kappa shape index (κ3) is 6.84. The molecule has 2 fully saturated rings. The van der Waals surface area contributed by atoms with Crippen LogP contribution in [0, 0.1) is 12.3 Å². The van der Waals surface area contributed by atoms with E-state index in [0.29, 0.717) is 11.6 Å². The summed E-state index contributed by atoms with van der Waals surface area (Å²) in [6.45, 7) is 6.95. The van der Waals surface area contributed by atoms with Crippen LogP contribution in [-0.4, -0.2) is 91.4 Å². The van der Waals surface area contributed by atoms with Crippen molar-refractivity contribution >= 4 is 47.4 Å². The van der Waals surface area contributed by atoms with E-state index >= 15 is 0 Å². The molecule has 2 heterocycles. The fourth-order valence-corrected chi connectivity index (χ4v) is 4.06. The molecule has 1 aromatic rings. The first-order valence-electron chi connectivity index (χ1n) is 10.9. The lowest BCUT2D eigenvalue weighted by atomic mass is 10.2. The minimum atomic E-state index is -0.168. The van der Waals surface area contributed by atoms with Gasteiger partial charge < -0.3 is 20.4 Å². The predicted octanol–water partition coefficient (Wildman–Crippen LogP) is 1.43. The van der Waals surface area contributed by atoms with E-state index in [9.17, 15) is 9.59 Å². The first-order valence-corrected chi connectivity index (χ1v) is 10.9. The lowest BCUT2D eigenvalue weighted by Gasteiger charge is -2.39. The molecular weight excluding hydrogens is 519 g/mol.